The summed E-state index contributed by atoms with van der Waals surface area (Å²) < 4.78 is 0. The number of aromatic hydroxyl groups is 1. The highest BCUT2D eigenvalue weighted by Crippen LogP contribution is 2.30. The lowest BCUT2D eigenvalue weighted by Crippen LogP contribution is -2.26. The largest absolute Gasteiger partial charge is 0.508 e. The van der Waals surface area contributed by atoms with Crippen molar-refractivity contribution >= 4 is 5.69 Å². The van der Waals surface area contributed by atoms with Crippen molar-refractivity contribution < 1.29 is 5.11 Å². The van der Waals surface area contributed by atoms with Crippen LogP contribution in [0.25, 0.3) is 0 Å². The number of hydrogen-bond acceptors (Lipinski definition) is 3. The summed E-state index contributed by atoms with van der Waals surface area (Å²) in [6, 6.07) is 6.02. The molecular formula is C13H20N2O. The molecule has 0 aromatic heterocycles. The molecule has 0 amide bonds. The van der Waals surface area contributed by atoms with E-state index in [9.17, 15) is 5.11 Å². The molecule has 3 N–H and O–H groups in total. The van der Waals surface area contributed by atoms with Crippen molar-refractivity contribution in [2.24, 2.45) is 0 Å². The molecule has 1 fully saturated rings. The van der Waals surface area contributed by atoms with E-state index in [1.165, 1.54) is 12.8 Å². The number of hydrogen-bond donors (Lipinski definition) is 2. The quantitative estimate of drug-likeness (QED) is 0.591. The number of nitrogens with zero attached hydrogens (tertiary/aromatic N) is 1. The second kappa shape index (κ2) is 4.74. The van der Waals surface area contributed by atoms with E-state index in [0.717, 1.165) is 36.8 Å². The molecule has 0 heterocycles. The van der Waals surface area contributed by atoms with Gasteiger partial charge in [0.1, 0.15) is 5.75 Å². The van der Waals surface area contributed by atoms with Gasteiger partial charge in [-0.15, -0.1) is 0 Å². The van der Waals surface area contributed by atoms with Gasteiger partial charge in [0.25, 0.3) is 0 Å². The minimum atomic E-state index is 0.357. The Morgan fingerprint density at radius 2 is 2.19 bits per heavy atom. The molecule has 0 atom stereocenters. The van der Waals surface area contributed by atoms with Crippen LogP contribution in [0, 0.1) is 0 Å². The zero-order valence-electron chi connectivity index (χ0n) is 9.82. The van der Waals surface area contributed by atoms with E-state index in [-0.39, 0.29) is 0 Å². The van der Waals surface area contributed by atoms with E-state index in [1.54, 1.807) is 12.1 Å². The van der Waals surface area contributed by atoms with E-state index in [2.05, 4.69) is 11.8 Å². The molecule has 2 rings (SSSR count). The zero-order valence-corrected chi connectivity index (χ0v) is 9.82. The molecule has 1 aliphatic rings. The summed E-state index contributed by atoms with van der Waals surface area (Å²) in [5, 5.41) is 9.77. The molecule has 0 radical (unpaired) electrons. The third kappa shape index (κ3) is 2.67. The zero-order chi connectivity index (χ0) is 11.5. The standard InChI is InChI=1S/C13H20N2O/c1-2-7-15(12-4-5-12)9-10-8-11(14)3-6-13(10)16/h3,6,8,12,16H,2,4-5,7,9,14H2,1H3. The molecule has 88 valence electrons. The Kier molecular flexibility index (Phi) is 3.34. The number of phenols is 1. The number of phenolic OH excluding ortho intramolecular Hbond substituents is 1. The van der Waals surface area contributed by atoms with Crippen molar-refractivity contribution in [1.29, 1.82) is 0 Å². The highest BCUT2D eigenvalue weighted by Gasteiger charge is 2.28. The van der Waals surface area contributed by atoms with E-state index in [0.29, 0.717) is 5.75 Å². The van der Waals surface area contributed by atoms with Crippen molar-refractivity contribution in [3.05, 3.63) is 23.8 Å². The van der Waals surface area contributed by atoms with Crippen molar-refractivity contribution in [2.75, 3.05) is 12.3 Å². The van der Waals surface area contributed by atoms with Crippen LogP contribution in [0.5, 0.6) is 5.75 Å². The lowest BCUT2D eigenvalue weighted by molar-refractivity contribution is 0.252. The van der Waals surface area contributed by atoms with E-state index >= 15 is 0 Å². The summed E-state index contributed by atoms with van der Waals surface area (Å²) >= 11 is 0. The maximum absolute atomic E-state index is 9.77. The molecule has 1 aliphatic carbocycles. The van der Waals surface area contributed by atoms with E-state index < -0.39 is 0 Å². The summed E-state index contributed by atoms with van der Waals surface area (Å²) in [5.74, 6) is 0.357. The maximum atomic E-state index is 9.77. The van der Waals surface area contributed by atoms with Crippen LogP contribution in [-0.4, -0.2) is 22.6 Å². The fourth-order valence-electron chi connectivity index (χ4n) is 2.07. The van der Waals surface area contributed by atoms with Gasteiger partial charge in [-0.3, -0.25) is 4.90 Å². The molecule has 3 heteroatoms. The van der Waals surface area contributed by atoms with Crippen LogP contribution in [0.4, 0.5) is 5.69 Å². The molecule has 0 unspecified atom stereocenters. The number of anilines is 1. The van der Waals surface area contributed by atoms with E-state index in [4.69, 9.17) is 5.73 Å². The Hall–Kier alpha value is -1.22. The highest BCUT2D eigenvalue weighted by atomic mass is 16.3. The number of rotatable bonds is 5. The predicted octanol–water partition coefficient (Wildman–Crippen LogP) is 2.35. The first-order valence-corrected chi connectivity index (χ1v) is 6.02. The van der Waals surface area contributed by atoms with E-state index in [1.807, 2.05) is 6.07 Å². The number of nitrogen functional groups attached to an aromatic ring is 1. The SMILES string of the molecule is CCCN(Cc1cc(N)ccc1O)C1CC1. The Labute approximate surface area is 96.9 Å². The Morgan fingerprint density at radius 1 is 1.44 bits per heavy atom. The average Bonchev–Trinajstić information content (AvgIpc) is 3.06. The fourth-order valence-corrected chi connectivity index (χ4v) is 2.07. The van der Waals surface area contributed by atoms with Gasteiger partial charge in [0, 0.05) is 23.8 Å². The van der Waals surface area contributed by atoms with Gasteiger partial charge in [-0.25, -0.2) is 0 Å². The van der Waals surface area contributed by atoms with Crippen LogP contribution in [0.15, 0.2) is 18.2 Å². The van der Waals surface area contributed by atoms with Gasteiger partial charge >= 0.3 is 0 Å². The summed E-state index contributed by atoms with van der Waals surface area (Å²) in [6.45, 7) is 4.10. The Bertz CT molecular complexity index is 361. The molecule has 1 aromatic rings. The predicted molar refractivity (Wildman–Crippen MR) is 66.2 cm³/mol. The summed E-state index contributed by atoms with van der Waals surface area (Å²) in [5.41, 5.74) is 7.41. The maximum Gasteiger partial charge on any atom is 0.120 e. The lowest BCUT2D eigenvalue weighted by atomic mass is 10.1. The second-order valence-corrected chi connectivity index (χ2v) is 4.59. The van der Waals surface area contributed by atoms with Crippen molar-refractivity contribution in [2.45, 2.75) is 38.8 Å². The fraction of sp³-hybridized carbons (Fsp3) is 0.538. The monoisotopic (exact) mass is 220 g/mol. The van der Waals surface area contributed by atoms with Crippen molar-refractivity contribution in [3.63, 3.8) is 0 Å². The van der Waals surface area contributed by atoms with Gasteiger partial charge in [-0.2, -0.15) is 0 Å². The van der Waals surface area contributed by atoms with Crippen LogP contribution < -0.4 is 5.73 Å². The van der Waals surface area contributed by atoms with Gasteiger partial charge in [0.15, 0.2) is 0 Å². The average molecular weight is 220 g/mol. The molecule has 1 saturated carbocycles. The van der Waals surface area contributed by atoms with Crippen LogP contribution in [-0.2, 0) is 6.54 Å². The molecule has 0 bridgehead atoms. The van der Waals surface area contributed by atoms with Crippen LogP contribution in [0.1, 0.15) is 31.7 Å². The Balaban J connectivity index is 2.08. The first-order chi connectivity index (χ1) is 7.70. The molecular weight excluding hydrogens is 200 g/mol. The van der Waals surface area contributed by atoms with Crippen molar-refractivity contribution in [3.8, 4) is 5.75 Å². The van der Waals surface area contributed by atoms with Crippen LogP contribution >= 0.6 is 0 Å². The summed E-state index contributed by atoms with van der Waals surface area (Å²) in [6.07, 6.45) is 3.74. The smallest absolute Gasteiger partial charge is 0.120 e. The number of benzene rings is 1. The normalized spacial score (nSPS) is 15.6. The molecule has 0 saturated heterocycles. The molecule has 3 nitrogen and oxygen atoms in total. The third-order valence-corrected chi connectivity index (χ3v) is 3.05. The van der Waals surface area contributed by atoms with Crippen LogP contribution in [0.2, 0.25) is 0 Å². The molecule has 1 aromatic carbocycles. The number of nitrogens with two attached hydrogens (primary N) is 1. The first kappa shape index (κ1) is 11.3. The summed E-state index contributed by atoms with van der Waals surface area (Å²) in [4.78, 5) is 2.44. The first-order valence-electron chi connectivity index (χ1n) is 6.02. The van der Waals surface area contributed by atoms with Gasteiger partial charge in [-0.05, 0) is 44.0 Å². The van der Waals surface area contributed by atoms with Gasteiger partial charge in [0.05, 0.1) is 0 Å². The Morgan fingerprint density at radius 3 is 2.81 bits per heavy atom. The second-order valence-electron chi connectivity index (χ2n) is 4.59. The van der Waals surface area contributed by atoms with Crippen molar-refractivity contribution in [1.82, 2.24) is 4.90 Å². The minimum Gasteiger partial charge on any atom is -0.508 e. The minimum absolute atomic E-state index is 0.357. The topological polar surface area (TPSA) is 49.5 Å². The third-order valence-electron chi connectivity index (χ3n) is 3.05. The van der Waals surface area contributed by atoms with Gasteiger partial charge in [-0.1, -0.05) is 6.92 Å². The van der Waals surface area contributed by atoms with Gasteiger partial charge in [0.2, 0.25) is 0 Å². The summed E-state index contributed by atoms with van der Waals surface area (Å²) in [7, 11) is 0. The molecule has 16 heavy (non-hydrogen) atoms. The molecule has 0 spiro atoms. The highest BCUT2D eigenvalue weighted by molar-refractivity contribution is 5.47. The molecule has 0 aliphatic heterocycles. The van der Waals surface area contributed by atoms with Gasteiger partial charge < -0.3 is 10.8 Å². The lowest BCUT2D eigenvalue weighted by Gasteiger charge is -2.21. The van der Waals surface area contributed by atoms with Crippen LogP contribution in [0.3, 0.4) is 0 Å².